The van der Waals surface area contributed by atoms with Gasteiger partial charge < -0.3 is 15.5 Å². The molecule has 2 unspecified atom stereocenters. The molecule has 126 valence electrons. The molecule has 2 aliphatic carbocycles. The highest BCUT2D eigenvalue weighted by Gasteiger charge is 2.35. The van der Waals surface area contributed by atoms with Crippen LogP contribution in [0.4, 0.5) is 0 Å². The number of halogens is 1. The molecule has 2 N–H and O–H groups in total. The molecule has 1 heterocycles. The minimum atomic E-state index is 0. The van der Waals surface area contributed by atoms with Gasteiger partial charge in [0.05, 0.1) is 0 Å². The summed E-state index contributed by atoms with van der Waals surface area (Å²) < 4.78 is 0. The van der Waals surface area contributed by atoms with Crippen LogP contribution in [0, 0.1) is 17.8 Å². The molecular weight excluding hydrogens is 391 g/mol. The molecule has 1 aliphatic heterocycles. The minimum Gasteiger partial charge on any atom is -0.354 e. The molecule has 0 aromatic carbocycles. The van der Waals surface area contributed by atoms with E-state index in [4.69, 9.17) is 0 Å². The number of fused-ring (bicyclic) bond motifs is 1. The zero-order valence-corrected chi connectivity index (χ0v) is 15.8. The average Bonchev–Trinajstić information content (AvgIpc) is 3.26. The summed E-state index contributed by atoms with van der Waals surface area (Å²) in [6.07, 6.45) is 7.70. The van der Waals surface area contributed by atoms with Gasteiger partial charge in [0.25, 0.3) is 0 Å². The number of hydrogen-bond acceptors (Lipinski definition) is 2. The largest absolute Gasteiger partial charge is 0.354 e. The average molecular weight is 420 g/mol. The number of nitrogens with zero attached hydrogens (tertiary/aromatic N) is 2. The number of rotatable bonds is 4. The summed E-state index contributed by atoms with van der Waals surface area (Å²) in [4.78, 5) is 18.4. The maximum Gasteiger partial charge on any atom is 0.223 e. The lowest BCUT2D eigenvalue weighted by molar-refractivity contribution is -0.122. The molecule has 0 spiro atoms. The normalized spacial score (nSPS) is 27.9. The Hall–Kier alpha value is -0.530. The summed E-state index contributed by atoms with van der Waals surface area (Å²) in [5, 5.41) is 6.39. The molecule has 1 saturated heterocycles. The molecular formula is C16H29IN4O. The third-order valence-electron chi connectivity index (χ3n) is 5.14. The number of aliphatic imine (C=N–C) groups is 1. The molecule has 1 amide bonds. The standard InChI is InChI=1S/C16H28N4O.HI/c1-17-16(19-9-8-18-15(21)12-6-7-12)20-10-13-4-2-3-5-14(13)11-20;/h12-14H,2-11H2,1H3,(H,17,19)(H,18,21);1H. The number of hydrogen-bond donors (Lipinski definition) is 2. The van der Waals surface area contributed by atoms with Crippen molar-refractivity contribution in [1.82, 2.24) is 15.5 Å². The van der Waals surface area contributed by atoms with Crippen LogP contribution in [0.2, 0.25) is 0 Å². The van der Waals surface area contributed by atoms with Crippen LogP contribution < -0.4 is 10.6 Å². The molecule has 3 rings (SSSR count). The van der Waals surface area contributed by atoms with Crippen molar-refractivity contribution in [2.75, 3.05) is 33.2 Å². The van der Waals surface area contributed by atoms with Gasteiger partial charge in [-0.05, 0) is 37.5 Å². The quantitative estimate of drug-likeness (QED) is 0.316. The summed E-state index contributed by atoms with van der Waals surface area (Å²) in [6, 6.07) is 0. The zero-order valence-electron chi connectivity index (χ0n) is 13.5. The Morgan fingerprint density at radius 1 is 1.05 bits per heavy atom. The van der Waals surface area contributed by atoms with Crippen molar-refractivity contribution in [2.24, 2.45) is 22.7 Å². The van der Waals surface area contributed by atoms with Crippen molar-refractivity contribution >= 4 is 35.8 Å². The first-order valence-electron chi connectivity index (χ1n) is 8.51. The van der Waals surface area contributed by atoms with E-state index in [9.17, 15) is 4.79 Å². The third-order valence-corrected chi connectivity index (χ3v) is 5.14. The molecule has 0 aromatic rings. The van der Waals surface area contributed by atoms with Crippen molar-refractivity contribution in [2.45, 2.75) is 38.5 Å². The molecule has 22 heavy (non-hydrogen) atoms. The fourth-order valence-corrected chi connectivity index (χ4v) is 3.76. The van der Waals surface area contributed by atoms with E-state index in [1.165, 1.54) is 25.7 Å². The zero-order chi connectivity index (χ0) is 14.7. The first kappa shape index (κ1) is 17.8. The van der Waals surface area contributed by atoms with Crippen molar-refractivity contribution in [3.8, 4) is 0 Å². The van der Waals surface area contributed by atoms with Crippen LogP contribution >= 0.6 is 24.0 Å². The molecule has 2 saturated carbocycles. The molecule has 0 aromatic heterocycles. The van der Waals surface area contributed by atoms with E-state index >= 15 is 0 Å². The van der Waals surface area contributed by atoms with E-state index < -0.39 is 0 Å². The number of nitrogens with one attached hydrogen (secondary N) is 2. The van der Waals surface area contributed by atoms with Crippen LogP contribution in [0.3, 0.4) is 0 Å². The van der Waals surface area contributed by atoms with Crippen LogP contribution in [-0.2, 0) is 4.79 Å². The Morgan fingerprint density at radius 2 is 1.64 bits per heavy atom. The highest BCUT2D eigenvalue weighted by Crippen LogP contribution is 2.35. The molecule has 0 bridgehead atoms. The maximum atomic E-state index is 11.6. The summed E-state index contributed by atoms with van der Waals surface area (Å²) in [5.41, 5.74) is 0. The second-order valence-electron chi connectivity index (χ2n) is 6.75. The van der Waals surface area contributed by atoms with Crippen LogP contribution in [0.1, 0.15) is 38.5 Å². The number of carbonyl (C=O) groups is 1. The highest BCUT2D eigenvalue weighted by atomic mass is 127. The SMILES string of the molecule is CN=C(NCCNC(=O)C1CC1)N1CC2CCCCC2C1.I. The lowest BCUT2D eigenvalue weighted by atomic mass is 9.82. The van der Waals surface area contributed by atoms with Crippen molar-refractivity contribution in [3.05, 3.63) is 0 Å². The second-order valence-corrected chi connectivity index (χ2v) is 6.75. The highest BCUT2D eigenvalue weighted by molar-refractivity contribution is 14.0. The summed E-state index contributed by atoms with van der Waals surface area (Å²) in [5.74, 6) is 3.26. The van der Waals surface area contributed by atoms with Gasteiger partial charge >= 0.3 is 0 Å². The van der Waals surface area contributed by atoms with E-state index in [1.807, 2.05) is 7.05 Å². The smallest absolute Gasteiger partial charge is 0.223 e. The van der Waals surface area contributed by atoms with Crippen molar-refractivity contribution in [1.29, 1.82) is 0 Å². The number of likely N-dealkylation sites (tertiary alicyclic amines) is 1. The van der Waals surface area contributed by atoms with Crippen molar-refractivity contribution < 1.29 is 4.79 Å². The molecule has 5 nitrogen and oxygen atoms in total. The minimum absolute atomic E-state index is 0. The van der Waals surface area contributed by atoms with Crippen molar-refractivity contribution in [3.63, 3.8) is 0 Å². The van der Waals surface area contributed by atoms with E-state index in [0.29, 0.717) is 12.5 Å². The fraction of sp³-hybridized carbons (Fsp3) is 0.875. The first-order chi connectivity index (χ1) is 10.3. The van der Waals surface area contributed by atoms with E-state index in [2.05, 4.69) is 20.5 Å². The fourth-order valence-electron chi connectivity index (χ4n) is 3.76. The summed E-state index contributed by atoms with van der Waals surface area (Å²) in [6.45, 7) is 3.75. The van der Waals surface area contributed by atoms with Gasteiger partial charge in [0, 0.05) is 39.1 Å². The monoisotopic (exact) mass is 420 g/mol. The Bertz CT molecular complexity index is 397. The van der Waals surface area contributed by atoms with E-state index in [0.717, 1.165) is 50.3 Å². The van der Waals surface area contributed by atoms with Crippen LogP contribution in [-0.4, -0.2) is 50.0 Å². The molecule has 0 radical (unpaired) electrons. The van der Waals surface area contributed by atoms with E-state index in [1.54, 1.807) is 0 Å². The Kier molecular flexibility index (Phi) is 6.77. The van der Waals surface area contributed by atoms with E-state index in [-0.39, 0.29) is 29.9 Å². The van der Waals surface area contributed by atoms with Gasteiger partial charge in [-0.3, -0.25) is 9.79 Å². The Morgan fingerprint density at radius 3 is 2.18 bits per heavy atom. The predicted octanol–water partition coefficient (Wildman–Crippen LogP) is 1.83. The Labute approximate surface area is 150 Å². The van der Waals surface area contributed by atoms with Gasteiger partial charge in [0.15, 0.2) is 5.96 Å². The first-order valence-corrected chi connectivity index (χ1v) is 8.51. The predicted molar refractivity (Wildman–Crippen MR) is 99.5 cm³/mol. The van der Waals surface area contributed by atoms with Gasteiger partial charge in [-0.15, -0.1) is 24.0 Å². The van der Waals surface area contributed by atoms with Crippen LogP contribution in [0.15, 0.2) is 4.99 Å². The lowest BCUT2D eigenvalue weighted by Gasteiger charge is -2.22. The lowest BCUT2D eigenvalue weighted by Crippen LogP contribution is -2.43. The Balaban J connectivity index is 0.00000176. The third kappa shape index (κ3) is 4.49. The topological polar surface area (TPSA) is 56.7 Å². The van der Waals surface area contributed by atoms with Gasteiger partial charge in [0.1, 0.15) is 0 Å². The van der Waals surface area contributed by atoms with Gasteiger partial charge in [0.2, 0.25) is 5.91 Å². The molecule has 3 fully saturated rings. The maximum absolute atomic E-state index is 11.6. The van der Waals surface area contributed by atoms with Crippen LogP contribution in [0.5, 0.6) is 0 Å². The van der Waals surface area contributed by atoms with Crippen LogP contribution in [0.25, 0.3) is 0 Å². The molecule has 6 heteroatoms. The molecule has 2 atom stereocenters. The van der Waals surface area contributed by atoms with Gasteiger partial charge in [-0.2, -0.15) is 0 Å². The van der Waals surface area contributed by atoms with Gasteiger partial charge in [-0.25, -0.2) is 0 Å². The number of carbonyl (C=O) groups excluding carboxylic acids is 1. The molecule has 3 aliphatic rings. The van der Waals surface area contributed by atoms with Gasteiger partial charge in [-0.1, -0.05) is 12.8 Å². The number of amides is 1. The summed E-state index contributed by atoms with van der Waals surface area (Å²) in [7, 11) is 1.85. The second kappa shape index (κ2) is 8.36. The number of guanidine groups is 1. The summed E-state index contributed by atoms with van der Waals surface area (Å²) >= 11 is 0.